The minimum atomic E-state index is -4.76. The van der Waals surface area contributed by atoms with Gasteiger partial charge in [-0.15, -0.1) is 0 Å². The maximum Gasteiger partial charge on any atom is 1.00 e. The second-order valence-corrected chi connectivity index (χ2v) is 3.61. The number of carbonyl (C=O) groups excluding carboxylic acids is 1. The van der Waals surface area contributed by atoms with Gasteiger partial charge in [-0.05, 0) is 0 Å². The van der Waals surface area contributed by atoms with Crippen LogP contribution in [0.2, 0.25) is 0 Å². The third kappa shape index (κ3) is 14.9. The minimum absolute atomic E-state index is 0. The Labute approximate surface area is 182 Å². The Morgan fingerprint density at radius 3 is 1.50 bits per heavy atom. The molecule has 0 aliphatic rings. The van der Waals surface area contributed by atoms with Crippen LogP contribution in [0.25, 0.3) is 0 Å². The topological polar surface area (TPSA) is 135 Å². The molecule has 0 rings (SSSR count). The third-order valence-corrected chi connectivity index (χ3v) is 2.11. The van der Waals surface area contributed by atoms with Gasteiger partial charge in [0, 0.05) is 0 Å². The van der Waals surface area contributed by atoms with Crippen molar-refractivity contribution in [3.8, 4) is 0 Å². The molecule has 0 saturated carbocycles. The SMILES string of the molecule is NC(=O)CC(C(=O)O)S(=O)(=O)O.[Na+].[Na+].[Na+].[Na+]. The van der Waals surface area contributed by atoms with Gasteiger partial charge in [0.25, 0.3) is 10.1 Å². The van der Waals surface area contributed by atoms with Crippen LogP contribution in [0.4, 0.5) is 0 Å². The molecule has 0 radical (unpaired) electrons. The van der Waals surface area contributed by atoms with Crippen molar-refractivity contribution in [2.45, 2.75) is 11.7 Å². The summed E-state index contributed by atoms with van der Waals surface area (Å²) in [4.78, 5) is 20.3. The molecule has 0 bridgehead atoms. The van der Waals surface area contributed by atoms with Crippen molar-refractivity contribution in [2.24, 2.45) is 5.73 Å². The molecule has 7 nitrogen and oxygen atoms in total. The molecule has 4 N–H and O–H groups in total. The molecule has 16 heavy (non-hydrogen) atoms. The number of carbonyl (C=O) groups is 2. The molecule has 0 saturated heterocycles. The summed E-state index contributed by atoms with van der Waals surface area (Å²) in [6.07, 6.45) is -0.936. The van der Waals surface area contributed by atoms with E-state index in [9.17, 15) is 18.0 Å². The van der Waals surface area contributed by atoms with Crippen molar-refractivity contribution in [3.05, 3.63) is 0 Å². The summed E-state index contributed by atoms with van der Waals surface area (Å²) in [6.45, 7) is 0. The maximum absolute atomic E-state index is 10.3. The number of rotatable bonds is 4. The number of nitrogens with two attached hydrogens (primary N) is 1. The molecule has 0 fully saturated rings. The van der Waals surface area contributed by atoms with Crippen LogP contribution >= 0.6 is 0 Å². The summed E-state index contributed by atoms with van der Waals surface area (Å²) in [6, 6.07) is 0. The Kier molecular flexibility index (Phi) is 27.9. The standard InChI is InChI=1S/C4H7NO6S.4Na/c5-3(6)1-2(4(7)8)12(9,10)11;;;;/h2H,1H2,(H2,5,6)(H,7,8)(H,9,10,11);;;;/q;4*+1. The molecule has 12 heteroatoms. The number of aliphatic carboxylic acids is 1. The second kappa shape index (κ2) is 14.3. The monoisotopic (exact) mass is 289 g/mol. The average Bonchev–Trinajstić information content (AvgIpc) is 1.79. The average molecular weight is 289 g/mol. The normalized spacial score (nSPS) is 10.3. The largest absolute Gasteiger partial charge is 1.00 e. The fraction of sp³-hybridized carbons (Fsp3) is 0.500. The van der Waals surface area contributed by atoms with Gasteiger partial charge in [-0.2, -0.15) is 8.42 Å². The van der Waals surface area contributed by atoms with E-state index < -0.39 is 33.7 Å². The van der Waals surface area contributed by atoms with E-state index in [2.05, 4.69) is 5.73 Å². The number of hydrogen-bond acceptors (Lipinski definition) is 4. The molecular formula is C4H7NNa4O6S+4. The van der Waals surface area contributed by atoms with Gasteiger partial charge < -0.3 is 10.8 Å². The van der Waals surface area contributed by atoms with Crippen LogP contribution in [0, 0.1) is 0 Å². The van der Waals surface area contributed by atoms with Gasteiger partial charge in [0.1, 0.15) is 0 Å². The van der Waals surface area contributed by atoms with E-state index in [0.717, 1.165) is 0 Å². The number of carboxylic acid groups (broad SMARTS) is 1. The molecule has 0 aromatic carbocycles. The fourth-order valence-electron chi connectivity index (χ4n) is 0.503. The van der Waals surface area contributed by atoms with Crippen molar-refractivity contribution in [2.75, 3.05) is 0 Å². The van der Waals surface area contributed by atoms with E-state index in [4.69, 9.17) is 9.66 Å². The van der Waals surface area contributed by atoms with Gasteiger partial charge in [-0.25, -0.2) is 0 Å². The summed E-state index contributed by atoms with van der Waals surface area (Å²) in [5, 5.41) is 6.04. The predicted octanol–water partition coefficient (Wildman–Crippen LogP) is -13.8. The Morgan fingerprint density at radius 2 is 1.44 bits per heavy atom. The van der Waals surface area contributed by atoms with Crippen molar-refractivity contribution in [3.63, 3.8) is 0 Å². The molecule has 1 unspecified atom stereocenters. The summed E-state index contributed by atoms with van der Waals surface area (Å²) in [5.74, 6) is -2.92. The van der Waals surface area contributed by atoms with Crippen LogP contribution in [-0.4, -0.2) is 35.2 Å². The van der Waals surface area contributed by atoms with Crippen molar-refractivity contribution < 1.29 is 146 Å². The van der Waals surface area contributed by atoms with Gasteiger partial charge in [0.15, 0.2) is 5.25 Å². The molecule has 0 heterocycles. The van der Waals surface area contributed by atoms with Crippen LogP contribution in [-0.2, 0) is 19.7 Å². The Hall–Kier alpha value is 2.85. The predicted molar refractivity (Wildman–Crippen MR) is 36.8 cm³/mol. The Bertz CT molecular complexity index is 306. The smallest absolute Gasteiger partial charge is 0.480 e. The third-order valence-electron chi connectivity index (χ3n) is 1.02. The summed E-state index contributed by atoms with van der Waals surface area (Å²) in [5.41, 5.74) is 4.55. The summed E-state index contributed by atoms with van der Waals surface area (Å²) >= 11 is 0. The summed E-state index contributed by atoms with van der Waals surface area (Å²) < 4.78 is 28.8. The Morgan fingerprint density at radius 1 is 1.12 bits per heavy atom. The molecule has 0 aromatic heterocycles. The first-order valence-corrected chi connectivity index (χ1v) is 4.23. The number of hydrogen-bond donors (Lipinski definition) is 3. The second-order valence-electron chi connectivity index (χ2n) is 2.01. The van der Waals surface area contributed by atoms with E-state index in [1.165, 1.54) is 0 Å². The molecule has 0 aromatic rings. The van der Waals surface area contributed by atoms with E-state index in [-0.39, 0.29) is 118 Å². The van der Waals surface area contributed by atoms with Gasteiger partial charge in [0.05, 0.1) is 6.42 Å². The van der Waals surface area contributed by atoms with Gasteiger partial charge in [-0.1, -0.05) is 0 Å². The molecule has 0 aliphatic heterocycles. The zero-order valence-electron chi connectivity index (χ0n) is 9.80. The molecule has 0 spiro atoms. The number of amides is 1. The summed E-state index contributed by atoms with van der Waals surface area (Å²) in [7, 11) is -4.76. The van der Waals surface area contributed by atoms with Crippen LogP contribution in [0.5, 0.6) is 0 Å². The van der Waals surface area contributed by atoms with E-state index >= 15 is 0 Å². The van der Waals surface area contributed by atoms with E-state index in [1.807, 2.05) is 0 Å². The first kappa shape index (κ1) is 31.3. The van der Waals surface area contributed by atoms with Crippen molar-refractivity contribution in [1.29, 1.82) is 0 Å². The molecule has 1 atom stereocenters. The molecular weight excluding hydrogens is 282 g/mol. The first-order chi connectivity index (χ1) is 5.25. The van der Waals surface area contributed by atoms with Crippen molar-refractivity contribution >= 4 is 22.0 Å². The maximum atomic E-state index is 10.3. The van der Waals surface area contributed by atoms with E-state index in [1.54, 1.807) is 0 Å². The quantitative estimate of drug-likeness (QED) is 0.347. The zero-order valence-corrected chi connectivity index (χ0v) is 18.6. The van der Waals surface area contributed by atoms with Gasteiger partial charge >= 0.3 is 124 Å². The molecule has 0 aliphatic carbocycles. The Balaban J connectivity index is -0.000000101. The minimum Gasteiger partial charge on any atom is -0.480 e. The van der Waals surface area contributed by atoms with E-state index in [0.29, 0.717) is 0 Å². The molecule has 1 amide bonds. The number of primary amides is 1. The first-order valence-electron chi connectivity index (χ1n) is 2.72. The van der Waals surface area contributed by atoms with Crippen molar-refractivity contribution in [1.82, 2.24) is 0 Å². The van der Waals surface area contributed by atoms with Gasteiger partial charge in [-0.3, -0.25) is 14.1 Å². The van der Waals surface area contributed by atoms with Gasteiger partial charge in [0.2, 0.25) is 5.91 Å². The van der Waals surface area contributed by atoms with Crippen LogP contribution in [0.3, 0.4) is 0 Å². The molecule has 70 valence electrons. The van der Waals surface area contributed by atoms with Crippen LogP contribution < -0.4 is 124 Å². The number of carboxylic acids is 1. The zero-order chi connectivity index (χ0) is 9.94. The van der Waals surface area contributed by atoms with Crippen LogP contribution in [0.15, 0.2) is 0 Å². The van der Waals surface area contributed by atoms with Crippen LogP contribution in [0.1, 0.15) is 6.42 Å². The fourth-order valence-corrected chi connectivity index (χ4v) is 1.13.